The Balaban J connectivity index is 1.67. The zero-order valence-corrected chi connectivity index (χ0v) is 15.7. The van der Waals surface area contributed by atoms with Crippen LogP contribution in [0, 0.1) is 12.8 Å². The predicted octanol–water partition coefficient (Wildman–Crippen LogP) is 2.56. The normalized spacial score (nSPS) is 18.4. The molecule has 26 heavy (non-hydrogen) atoms. The number of furan rings is 1. The van der Waals surface area contributed by atoms with Crippen molar-refractivity contribution in [2.75, 3.05) is 13.2 Å². The molecular formula is C19H26N2O5. The Morgan fingerprint density at radius 2 is 2.15 bits per heavy atom. The molecule has 0 saturated carbocycles. The maximum absolute atomic E-state index is 12.6. The number of hydrogen-bond donors (Lipinski definition) is 1. The average molecular weight is 362 g/mol. The average Bonchev–Trinajstić information content (AvgIpc) is 3.28. The van der Waals surface area contributed by atoms with E-state index in [-0.39, 0.29) is 17.9 Å². The van der Waals surface area contributed by atoms with E-state index in [1.165, 1.54) is 0 Å². The highest BCUT2D eigenvalue weighted by Gasteiger charge is 2.29. The molecule has 0 radical (unpaired) electrons. The summed E-state index contributed by atoms with van der Waals surface area (Å²) in [6.07, 6.45) is 1.14. The van der Waals surface area contributed by atoms with Crippen molar-refractivity contribution in [3.63, 3.8) is 0 Å². The van der Waals surface area contributed by atoms with Gasteiger partial charge in [0.25, 0.3) is 5.91 Å². The topological polar surface area (TPSA) is 82.7 Å². The molecule has 2 atom stereocenters. The maximum atomic E-state index is 12.6. The molecule has 1 saturated heterocycles. The third-order valence-electron chi connectivity index (χ3n) is 4.69. The molecule has 7 heteroatoms. The van der Waals surface area contributed by atoms with E-state index in [9.17, 15) is 9.59 Å². The first-order chi connectivity index (χ1) is 12.4. The summed E-state index contributed by atoms with van der Waals surface area (Å²) in [5.74, 6) is -0.201. The number of amides is 1. The Hall–Kier alpha value is -2.28. The maximum Gasteiger partial charge on any atom is 0.355 e. The number of ether oxygens (including phenoxy) is 2. The molecule has 1 aliphatic heterocycles. The Bertz CT molecular complexity index is 798. The van der Waals surface area contributed by atoms with Crippen molar-refractivity contribution in [1.29, 1.82) is 0 Å². The van der Waals surface area contributed by atoms with Crippen LogP contribution >= 0.6 is 0 Å². The van der Waals surface area contributed by atoms with Crippen LogP contribution in [-0.2, 0) is 21.3 Å². The van der Waals surface area contributed by atoms with Crippen LogP contribution in [-0.4, -0.2) is 41.8 Å². The molecular weight excluding hydrogens is 336 g/mol. The minimum Gasteiger partial charge on any atom is -0.460 e. The van der Waals surface area contributed by atoms with Crippen molar-refractivity contribution >= 4 is 23.0 Å². The van der Waals surface area contributed by atoms with Crippen LogP contribution in [0.25, 0.3) is 11.1 Å². The number of rotatable bonds is 6. The van der Waals surface area contributed by atoms with Gasteiger partial charge in [-0.25, -0.2) is 4.79 Å². The van der Waals surface area contributed by atoms with Crippen molar-refractivity contribution in [2.24, 2.45) is 13.0 Å². The summed E-state index contributed by atoms with van der Waals surface area (Å²) in [4.78, 5) is 25.1. The van der Waals surface area contributed by atoms with E-state index in [1.54, 1.807) is 17.7 Å². The number of fused-ring (bicyclic) bond motifs is 1. The second-order valence-corrected chi connectivity index (χ2v) is 7.15. The second-order valence-electron chi connectivity index (χ2n) is 7.15. The summed E-state index contributed by atoms with van der Waals surface area (Å²) in [5, 5.41) is 2.84. The first-order valence-corrected chi connectivity index (χ1v) is 9.03. The first-order valence-electron chi connectivity index (χ1n) is 9.03. The lowest BCUT2D eigenvalue weighted by Gasteiger charge is -2.21. The number of esters is 1. The fourth-order valence-corrected chi connectivity index (χ4v) is 3.22. The highest BCUT2D eigenvalue weighted by Crippen LogP contribution is 2.23. The summed E-state index contributed by atoms with van der Waals surface area (Å²) in [6, 6.07) is 3.51. The Labute approximate surface area is 152 Å². The van der Waals surface area contributed by atoms with Gasteiger partial charge in [0, 0.05) is 32.3 Å². The second kappa shape index (κ2) is 7.53. The molecule has 7 nitrogen and oxygen atoms in total. The largest absolute Gasteiger partial charge is 0.460 e. The lowest BCUT2D eigenvalue weighted by atomic mass is 10.1. The molecule has 2 aromatic heterocycles. The smallest absolute Gasteiger partial charge is 0.355 e. The Morgan fingerprint density at radius 1 is 1.38 bits per heavy atom. The number of nitrogens with one attached hydrogen (secondary N) is 1. The predicted molar refractivity (Wildman–Crippen MR) is 95.9 cm³/mol. The lowest BCUT2D eigenvalue weighted by molar-refractivity contribution is -0.132. The van der Waals surface area contributed by atoms with Gasteiger partial charge in [0.1, 0.15) is 11.5 Å². The lowest BCUT2D eigenvalue weighted by Crippen LogP contribution is -2.43. The standard InChI is InChI=1S/C19H26N2O5/c1-11(2)17(18(22)20-10-13-6-5-7-24-13)26-19(23)15-9-16-14(21(15)4)8-12(3)25-16/h8-9,11,13,17H,5-7,10H2,1-4H3,(H,20,22)/t13-,17-/m0/s1. The summed E-state index contributed by atoms with van der Waals surface area (Å²) in [5.41, 5.74) is 1.80. The number of hydrogen-bond acceptors (Lipinski definition) is 5. The molecule has 0 unspecified atom stereocenters. The molecule has 1 aliphatic rings. The molecule has 3 heterocycles. The summed E-state index contributed by atoms with van der Waals surface area (Å²) in [7, 11) is 1.77. The summed E-state index contributed by atoms with van der Waals surface area (Å²) in [6.45, 7) is 6.73. The zero-order chi connectivity index (χ0) is 18.8. The molecule has 0 aromatic carbocycles. The van der Waals surface area contributed by atoms with Crippen molar-refractivity contribution in [2.45, 2.75) is 45.8 Å². The van der Waals surface area contributed by atoms with Crippen LogP contribution in [0.3, 0.4) is 0 Å². The summed E-state index contributed by atoms with van der Waals surface area (Å²) < 4.78 is 18.3. The van der Waals surface area contributed by atoms with E-state index in [2.05, 4.69) is 5.32 Å². The number of aromatic nitrogens is 1. The van der Waals surface area contributed by atoms with Crippen LogP contribution in [0.1, 0.15) is 42.9 Å². The number of nitrogens with zero attached hydrogens (tertiary/aromatic N) is 1. The molecule has 0 aliphatic carbocycles. The summed E-state index contributed by atoms with van der Waals surface area (Å²) >= 11 is 0. The monoisotopic (exact) mass is 362 g/mol. The van der Waals surface area contributed by atoms with Gasteiger partial charge in [-0.3, -0.25) is 4.79 Å². The highest BCUT2D eigenvalue weighted by atomic mass is 16.5. The van der Waals surface area contributed by atoms with Crippen molar-refractivity contribution < 1.29 is 23.5 Å². The van der Waals surface area contributed by atoms with Crippen molar-refractivity contribution in [1.82, 2.24) is 9.88 Å². The minimum absolute atomic E-state index is 0.0467. The molecule has 3 rings (SSSR count). The Morgan fingerprint density at radius 3 is 2.77 bits per heavy atom. The van der Waals surface area contributed by atoms with Crippen LogP contribution in [0.2, 0.25) is 0 Å². The van der Waals surface area contributed by atoms with Gasteiger partial charge >= 0.3 is 5.97 Å². The van der Waals surface area contributed by atoms with Crippen LogP contribution in [0.4, 0.5) is 0 Å². The minimum atomic E-state index is -0.855. The van der Waals surface area contributed by atoms with Gasteiger partial charge in [-0.1, -0.05) is 13.8 Å². The van der Waals surface area contributed by atoms with Crippen molar-refractivity contribution in [3.8, 4) is 0 Å². The number of carbonyl (C=O) groups excluding carboxylic acids is 2. The van der Waals surface area contributed by atoms with Crippen LogP contribution < -0.4 is 5.32 Å². The molecule has 142 valence electrons. The van der Waals surface area contributed by atoms with E-state index in [1.807, 2.05) is 26.8 Å². The molecule has 1 amide bonds. The van der Waals surface area contributed by atoms with E-state index in [0.717, 1.165) is 30.7 Å². The fourth-order valence-electron chi connectivity index (χ4n) is 3.22. The highest BCUT2D eigenvalue weighted by molar-refractivity contribution is 5.95. The number of carbonyl (C=O) groups is 2. The SMILES string of the molecule is Cc1cc2c(cc(C(=O)O[C@H](C(=O)NC[C@@H]3CCCO3)C(C)C)n2C)o1. The van der Waals surface area contributed by atoms with Gasteiger partial charge in [-0.15, -0.1) is 0 Å². The van der Waals surface area contributed by atoms with Gasteiger partial charge in [0.2, 0.25) is 0 Å². The van der Waals surface area contributed by atoms with Crippen molar-refractivity contribution in [3.05, 3.63) is 23.6 Å². The molecule has 1 N–H and O–H groups in total. The van der Waals surface area contributed by atoms with Gasteiger partial charge in [0.15, 0.2) is 11.7 Å². The van der Waals surface area contributed by atoms with Gasteiger partial charge in [0.05, 0.1) is 11.6 Å². The first kappa shape index (κ1) is 18.5. The van der Waals surface area contributed by atoms with E-state index in [0.29, 0.717) is 17.8 Å². The van der Waals surface area contributed by atoms with E-state index in [4.69, 9.17) is 13.9 Å². The van der Waals surface area contributed by atoms with Gasteiger partial charge in [-0.05, 0) is 25.7 Å². The van der Waals surface area contributed by atoms with E-state index >= 15 is 0 Å². The zero-order valence-electron chi connectivity index (χ0n) is 15.7. The number of aryl methyl sites for hydroxylation is 2. The molecule has 2 aromatic rings. The van der Waals surface area contributed by atoms with Crippen LogP contribution in [0.15, 0.2) is 16.5 Å². The third-order valence-corrected chi connectivity index (χ3v) is 4.69. The van der Waals surface area contributed by atoms with Gasteiger partial charge < -0.3 is 23.8 Å². The Kier molecular flexibility index (Phi) is 5.36. The van der Waals surface area contributed by atoms with Crippen LogP contribution in [0.5, 0.6) is 0 Å². The van der Waals surface area contributed by atoms with Gasteiger partial charge in [-0.2, -0.15) is 0 Å². The molecule has 0 spiro atoms. The molecule has 0 bridgehead atoms. The molecule has 1 fully saturated rings. The quantitative estimate of drug-likeness (QED) is 0.799. The third kappa shape index (κ3) is 3.77. The van der Waals surface area contributed by atoms with E-state index < -0.39 is 12.1 Å². The fraction of sp³-hybridized carbons (Fsp3) is 0.579.